The molecule has 0 aromatic heterocycles. The van der Waals surface area contributed by atoms with Gasteiger partial charge in [-0.15, -0.1) is 0 Å². The molecular formula is C31H34O20. The average Bonchev–Trinajstić information content (AvgIpc) is 3.09. The molecule has 4 aliphatic heterocycles. The number of phenolic OH excluding ortho intramolecular Hbond substituents is 4. The molecule has 0 aliphatic carbocycles. The molecule has 0 saturated carbocycles. The number of carbonyl (C=O) groups is 2. The summed E-state index contributed by atoms with van der Waals surface area (Å²) in [6.07, 6.45) is -21.7. The van der Waals surface area contributed by atoms with Crippen molar-refractivity contribution in [2.45, 2.75) is 80.0 Å². The van der Waals surface area contributed by atoms with Crippen molar-refractivity contribution in [3.8, 4) is 34.5 Å². The van der Waals surface area contributed by atoms with E-state index in [9.17, 15) is 65.8 Å². The summed E-state index contributed by atoms with van der Waals surface area (Å²) in [4.78, 5) is 24.9. The molecule has 2 aromatic rings. The van der Waals surface area contributed by atoms with Gasteiger partial charge in [0, 0.05) is 17.7 Å². The van der Waals surface area contributed by atoms with Crippen molar-refractivity contribution in [2.24, 2.45) is 0 Å². The molecule has 51 heavy (non-hydrogen) atoms. The minimum atomic E-state index is -2.10. The Morgan fingerprint density at radius 3 is 1.73 bits per heavy atom. The summed E-state index contributed by atoms with van der Waals surface area (Å²) in [6.45, 7) is -1.60. The van der Waals surface area contributed by atoms with Crippen LogP contribution in [-0.4, -0.2) is 149 Å². The molecule has 2 saturated heterocycles. The number of aliphatic hydroxyl groups excluding tert-OH is 7. The number of hydrogen-bond acceptors (Lipinski definition) is 20. The van der Waals surface area contributed by atoms with Crippen LogP contribution < -0.4 is 9.47 Å². The van der Waals surface area contributed by atoms with Crippen LogP contribution in [0.25, 0.3) is 6.08 Å². The lowest BCUT2D eigenvalue weighted by molar-refractivity contribution is -0.294. The first kappa shape index (κ1) is 36.2. The Kier molecular flexibility index (Phi) is 10.0. The van der Waals surface area contributed by atoms with Gasteiger partial charge in [-0.2, -0.15) is 0 Å². The topological polar surface area (TPSA) is 321 Å². The third-order valence-electron chi connectivity index (χ3n) is 8.54. The van der Waals surface area contributed by atoms with E-state index in [1.54, 1.807) is 0 Å². The fraction of sp³-hybridized carbons (Fsp3) is 0.484. The molecule has 6 rings (SSSR count). The fourth-order valence-electron chi connectivity index (χ4n) is 5.73. The van der Waals surface area contributed by atoms with Crippen LogP contribution in [0.3, 0.4) is 0 Å². The number of hydrogen-bond donors (Lipinski definition) is 11. The zero-order valence-electron chi connectivity index (χ0n) is 26.0. The Labute approximate surface area is 286 Å². The third kappa shape index (κ3) is 7.13. The van der Waals surface area contributed by atoms with E-state index in [4.69, 9.17) is 33.2 Å². The Bertz CT molecular complexity index is 1660. The number of fused-ring (bicyclic) bond motifs is 4. The molecule has 12 atom stereocenters. The third-order valence-corrected chi connectivity index (χ3v) is 8.54. The highest BCUT2D eigenvalue weighted by Crippen LogP contribution is 2.47. The molecule has 6 bridgehead atoms. The number of cyclic esters (lactones) is 2. The van der Waals surface area contributed by atoms with Crippen LogP contribution in [-0.2, 0) is 33.3 Å². The van der Waals surface area contributed by atoms with Crippen molar-refractivity contribution in [1.29, 1.82) is 0 Å². The Balaban J connectivity index is 1.44. The molecule has 2 fully saturated rings. The summed E-state index contributed by atoms with van der Waals surface area (Å²) in [6, 6.07) is 4.13. The summed E-state index contributed by atoms with van der Waals surface area (Å²) in [5, 5.41) is 115. The maximum atomic E-state index is 12.4. The van der Waals surface area contributed by atoms with E-state index in [1.807, 2.05) is 0 Å². The van der Waals surface area contributed by atoms with E-state index in [-0.39, 0.29) is 28.4 Å². The largest absolute Gasteiger partial charge is 0.508 e. The normalized spacial score (nSPS) is 35.9. The number of rotatable bonds is 1. The Hall–Kier alpha value is -4.64. The highest BCUT2D eigenvalue weighted by molar-refractivity contribution is 5.81. The molecular weight excluding hydrogens is 692 g/mol. The summed E-state index contributed by atoms with van der Waals surface area (Å²) in [7, 11) is 0. The Morgan fingerprint density at radius 2 is 1.14 bits per heavy atom. The molecule has 11 N–H and O–H groups in total. The first-order chi connectivity index (χ1) is 24.1. The predicted octanol–water partition coefficient (Wildman–Crippen LogP) is -3.15. The maximum Gasteiger partial charge on any atom is 0.335 e. The van der Waals surface area contributed by atoms with E-state index in [2.05, 4.69) is 0 Å². The number of ether oxygens (including phenoxy) is 7. The Morgan fingerprint density at radius 1 is 0.608 bits per heavy atom. The van der Waals surface area contributed by atoms with Gasteiger partial charge in [0.15, 0.2) is 29.5 Å². The summed E-state index contributed by atoms with van der Waals surface area (Å²) in [5.74, 6) is -6.23. The molecule has 20 nitrogen and oxygen atoms in total. The second-order valence-electron chi connectivity index (χ2n) is 12.1. The SMILES string of the molecule is O=C1C[C@H](O)C(=O)OC[C@@H]2O[C@H](Oc3cc(O)cc4c3C=C(O[C@H]3O[C@@H](CO1)[C@H](O)[C@@H](O)[C@@H]3O)C(c1cc(O)c(O)c(O)c1)O4)[C@@H](O)[C@H](O)[C@H]2O. The average molecular weight is 727 g/mol. The van der Waals surface area contributed by atoms with Crippen LogP contribution >= 0.6 is 0 Å². The van der Waals surface area contributed by atoms with Gasteiger partial charge in [-0.3, -0.25) is 4.79 Å². The lowest BCUT2D eigenvalue weighted by atomic mass is 9.98. The lowest BCUT2D eigenvalue weighted by Crippen LogP contribution is -2.60. The highest BCUT2D eigenvalue weighted by Gasteiger charge is 2.48. The van der Waals surface area contributed by atoms with E-state index >= 15 is 0 Å². The van der Waals surface area contributed by atoms with Crippen LogP contribution in [0, 0.1) is 0 Å². The van der Waals surface area contributed by atoms with E-state index in [0.29, 0.717) is 0 Å². The first-order valence-electron chi connectivity index (χ1n) is 15.4. The minimum absolute atomic E-state index is 0.0560. The van der Waals surface area contributed by atoms with Crippen LogP contribution in [0.5, 0.6) is 34.5 Å². The monoisotopic (exact) mass is 726 g/mol. The van der Waals surface area contributed by atoms with Crippen molar-refractivity contribution >= 4 is 18.0 Å². The van der Waals surface area contributed by atoms with E-state index in [1.165, 1.54) is 6.08 Å². The molecule has 0 radical (unpaired) electrons. The quantitative estimate of drug-likeness (QED) is 0.102. The van der Waals surface area contributed by atoms with Crippen molar-refractivity contribution in [1.82, 2.24) is 0 Å². The molecule has 1 unspecified atom stereocenters. The van der Waals surface area contributed by atoms with E-state index in [0.717, 1.165) is 24.3 Å². The molecule has 0 spiro atoms. The number of aliphatic hydroxyl groups is 7. The summed E-state index contributed by atoms with van der Waals surface area (Å²) in [5.41, 5.74) is -0.130. The van der Waals surface area contributed by atoms with Crippen molar-refractivity contribution in [3.05, 3.63) is 41.2 Å². The number of aromatic hydroxyl groups is 4. The zero-order chi connectivity index (χ0) is 36.9. The van der Waals surface area contributed by atoms with Crippen molar-refractivity contribution < 1.29 is 98.9 Å². The van der Waals surface area contributed by atoms with Gasteiger partial charge in [0.1, 0.15) is 85.1 Å². The van der Waals surface area contributed by atoms with Crippen LogP contribution in [0.15, 0.2) is 30.0 Å². The molecule has 0 amide bonds. The lowest BCUT2D eigenvalue weighted by Gasteiger charge is -2.41. The van der Waals surface area contributed by atoms with Gasteiger partial charge in [0.25, 0.3) is 0 Å². The number of esters is 2. The van der Waals surface area contributed by atoms with Gasteiger partial charge in [0.05, 0.1) is 12.0 Å². The highest BCUT2D eigenvalue weighted by atomic mass is 16.7. The van der Waals surface area contributed by atoms with Crippen molar-refractivity contribution in [3.63, 3.8) is 0 Å². The fourth-order valence-corrected chi connectivity index (χ4v) is 5.73. The first-order valence-corrected chi connectivity index (χ1v) is 15.4. The number of benzene rings is 2. The molecule has 278 valence electrons. The van der Waals surface area contributed by atoms with Gasteiger partial charge in [-0.25, -0.2) is 4.79 Å². The van der Waals surface area contributed by atoms with Crippen LogP contribution in [0.2, 0.25) is 0 Å². The predicted molar refractivity (Wildman–Crippen MR) is 159 cm³/mol. The van der Waals surface area contributed by atoms with Gasteiger partial charge in [-0.05, 0) is 18.2 Å². The van der Waals surface area contributed by atoms with Gasteiger partial charge in [-0.1, -0.05) is 0 Å². The number of phenols is 4. The van der Waals surface area contributed by atoms with Crippen LogP contribution in [0.4, 0.5) is 0 Å². The standard InChI is InChI=1S/C31H34O20/c32-10-3-15-11-5-17(28(47-15)9-1-12(33)21(37)13(34)2-9)49-31-27(43)24(40)22(38)18(50-31)7-45-20(36)6-14(35)29(44)46-8-19-23(39)25(41)26(42)30(51-19)48-16(11)4-10/h1-5,14,18-19,22-28,30-35,37-43H,6-8H2/t14-,18-,19-,22-,23-,24+,25+,26-,27-,28?,30-,31-/m0/s1. The van der Waals surface area contributed by atoms with Gasteiger partial charge >= 0.3 is 11.9 Å². The zero-order valence-corrected chi connectivity index (χ0v) is 26.0. The number of carbonyl (C=O) groups excluding carboxylic acids is 2. The molecule has 4 heterocycles. The van der Waals surface area contributed by atoms with Gasteiger partial charge < -0.3 is 89.3 Å². The molecule has 2 aromatic carbocycles. The summed E-state index contributed by atoms with van der Waals surface area (Å²) < 4.78 is 39.0. The second kappa shape index (κ2) is 14.2. The smallest absolute Gasteiger partial charge is 0.335 e. The molecule has 4 aliphatic rings. The summed E-state index contributed by atoms with van der Waals surface area (Å²) >= 11 is 0. The maximum absolute atomic E-state index is 12.4. The minimum Gasteiger partial charge on any atom is -0.508 e. The van der Waals surface area contributed by atoms with E-state index < -0.39 is 128 Å². The van der Waals surface area contributed by atoms with Crippen LogP contribution in [0.1, 0.15) is 23.7 Å². The van der Waals surface area contributed by atoms with Gasteiger partial charge in [0.2, 0.25) is 12.6 Å². The molecule has 20 heteroatoms. The van der Waals surface area contributed by atoms with Crippen molar-refractivity contribution in [2.75, 3.05) is 13.2 Å². The second-order valence-corrected chi connectivity index (χ2v) is 12.1.